The normalized spacial score (nSPS) is 17.3. The third-order valence-corrected chi connectivity index (χ3v) is 4.08. The van der Waals surface area contributed by atoms with E-state index in [9.17, 15) is 4.79 Å². The van der Waals surface area contributed by atoms with Crippen LogP contribution in [0.3, 0.4) is 0 Å². The third kappa shape index (κ3) is 2.53. The molecule has 1 saturated heterocycles. The summed E-state index contributed by atoms with van der Waals surface area (Å²) in [6.45, 7) is 1.44. The van der Waals surface area contributed by atoms with Gasteiger partial charge in [-0.2, -0.15) is 0 Å². The average Bonchev–Trinajstić information content (AvgIpc) is 2.86. The molecule has 0 saturated carbocycles. The predicted molar refractivity (Wildman–Crippen MR) is 81.5 cm³/mol. The van der Waals surface area contributed by atoms with Gasteiger partial charge in [0, 0.05) is 6.61 Å². The SMILES string of the molecule is COC(=O)c1cc(OC)c2nc(CCl)n(CC3CCO3)c2c1. The molecule has 1 aliphatic heterocycles. The summed E-state index contributed by atoms with van der Waals surface area (Å²) >= 11 is 6.02. The number of methoxy groups -OCH3 is 2. The maximum Gasteiger partial charge on any atom is 0.338 e. The van der Waals surface area contributed by atoms with Gasteiger partial charge in [-0.1, -0.05) is 0 Å². The van der Waals surface area contributed by atoms with Crippen LogP contribution in [0.4, 0.5) is 0 Å². The first kappa shape index (κ1) is 15.1. The van der Waals surface area contributed by atoms with Gasteiger partial charge in [-0.25, -0.2) is 9.78 Å². The van der Waals surface area contributed by atoms with Crippen LogP contribution in [0.1, 0.15) is 22.6 Å². The fourth-order valence-electron chi connectivity index (χ4n) is 2.57. The van der Waals surface area contributed by atoms with E-state index in [1.54, 1.807) is 19.2 Å². The van der Waals surface area contributed by atoms with Gasteiger partial charge in [0.05, 0.1) is 43.8 Å². The lowest BCUT2D eigenvalue weighted by molar-refractivity contribution is -0.0589. The zero-order valence-corrected chi connectivity index (χ0v) is 13.2. The Labute approximate surface area is 132 Å². The van der Waals surface area contributed by atoms with Gasteiger partial charge in [0.1, 0.15) is 17.1 Å². The molecule has 118 valence electrons. The van der Waals surface area contributed by atoms with Crippen LogP contribution in [0, 0.1) is 0 Å². The highest BCUT2D eigenvalue weighted by Gasteiger charge is 2.23. The van der Waals surface area contributed by atoms with E-state index in [-0.39, 0.29) is 12.0 Å². The highest BCUT2D eigenvalue weighted by atomic mass is 35.5. The topological polar surface area (TPSA) is 62.6 Å². The minimum atomic E-state index is -0.416. The van der Waals surface area contributed by atoms with Crippen LogP contribution >= 0.6 is 11.6 Å². The van der Waals surface area contributed by atoms with Crippen molar-refractivity contribution in [2.24, 2.45) is 0 Å². The van der Waals surface area contributed by atoms with Gasteiger partial charge >= 0.3 is 5.97 Å². The smallest absolute Gasteiger partial charge is 0.338 e. The van der Waals surface area contributed by atoms with Gasteiger partial charge in [-0.15, -0.1) is 11.6 Å². The number of benzene rings is 1. The van der Waals surface area contributed by atoms with E-state index in [1.165, 1.54) is 7.11 Å². The van der Waals surface area contributed by atoms with E-state index < -0.39 is 5.97 Å². The van der Waals surface area contributed by atoms with E-state index in [2.05, 4.69) is 4.98 Å². The quantitative estimate of drug-likeness (QED) is 0.624. The van der Waals surface area contributed by atoms with Crippen molar-refractivity contribution in [3.8, 4) is 5.75 Å². The van der Waals surface area contributed by atoms with Crippen LogP contribution in [0.2, 0.25) is 0 Å². The van der Waals surface area contributed by atoms with Gasteiger partial charge in [0.2, 0.25) is 0 Å². The average molecular weight is 325 g/mol. The molecule has 1 aromatic carbocycles. The van der Waals surface area contributed by atoms with Crippen molar-refractivity contribution in [2.45, 2.75) is 24.9 Å². The van der Waals surface area contributed by atoms with Gasteiger partial charge < -0.3 is 18.8 Å². The molecule has 1 fully saturated rings. The molecule has 1 aliphatic rings. The highest BCUT2D eigenvalue weighted by molar-refractivity contribution is 6.17. The summed E-state index contributed by atoms with van der Waals surface area (Å²) in [6.07, 6.45) is 1.17. The van der Waals surface area contributed by atoms with E-state index in [0.29, 0.717) is 23.4 Å². The molecule has 2 heterocycles. The van der Waals surface area contributed by atoms with Gasteiger partial charge in [-0.3, -0.25) is 0 Å². The molecule has 0 amide bonds. The van der Waals surface area contributed by atoms with Gasteiger partial charge in [-0.05, 0) is 18.6 Å². The molecule has 0 radical (unpaired) electrons. The van der Waals surface area contributed by atoms with Crippen molar-refractivity contribution in [3.05, 3.63) is 23.5 Å². The number of aromatic nitrogens is 2. The van der Waals surface area contributed by atoms with E-state index in [1.807, 2.05) is 4.57 Å². The molecule has 1 unspecified atom stereocenters. The first-order valence-corrected chi connectivity index (χ1v) is 7.54. The van der Waals surface area contributed by atoms with E-state index in [0.717, 1.165) is 24.4 Å². The number of nitrogens with zero attached hydrogens (tertiary/aromatic N) is 2. The zero-order chi connectivity index (χ0) is 15.7. The molecule has 3 rings (SSSR count). The number of hydrogen-bond acceptors (Lipinski definition) is 5. The summed E-state index contributed by atoms with van der Waals surface area (Å²) < 4.78 is 17.6. The van der Waals surface area contributed by atoms with Crippen LogP contribution in [0.25, 0.3) is 11.0 Å². The molecule has 1 aromatic heterocycles. The predicted octanol–water partition coefficient (Wildman–Crippen LogP) is 2.36. The number of esters is 1. The maximum atomic E-state index is 11.8. The van der Waals surface area contributed by atoms with Crippen molar-refractivity contribution in [2.75, 3.05) is 20.8 Å². The Bertz CT molecular complexity index is 709. The Hall–Kier alpha value is -1.79. The fourth-order valence-corrected chi connectivity index (χ4v) is 2.77. The summed E-state index contributed by atoms with van der Waals surface area (Å²) in [4.78, 5) is 16.4. The van der Waals surface area contributed by atoms with E-state index in [4.69, 9.17) is 25.8 Å². The van der Waals surface area contributed by atoms with Gasteiger partial charge in [0.15, 0.2) is 0 Å². The van der Waals surface area contributed by atoms with Crippen molar-refractivity contribution in [1.29, 1.82) is 0 Å². The molecule has 0 spiro atoms. The Morgan fingerprint density at radius 1 is 1.50 bits per heavy atom. The lowest BCUT2D eigenvalue weighted by Gasteiger charge is -2.27. The van der Waals surface area contributed by atoms with Crippen LogP contribution in [-0.2, 0) is 21.9 Å². The second-order valence-corrected chi connectivity index (χ2v) is 5.36. The van der Waals surface area contributed by atoms with Crippen molar-refractivity contribution < 1.29 is 19.0 Å². The molecule has 0 aliphatic carbocycles. The monoisotopic (exact) mass is 324 g/mol. The van der Waals surface area contributed by atoms with Crippen molar-refractivity contribution >= 4 is 28.6 Å². The van der Waals surface area contributed by atoms with Crippen molar-refractivity contribution in [3.63, 3.8) is 0 Å². The summed E-state index contributed by atoms with van der Waals surface area (Å²) in [6, 6.07) is 3.38. The summed E-state index contributed by atoms with van der Waals surface area (Å²) in [5.41, 5.74) is 1.90. The third-order valence-electron chi connectivity index (χ3n) is 3.84. The standard InChI is InChI=1S/C15H17ClN2O4/c1-20-12-6-9(15(19)21-2)5-11-14(12)17-13(7-16)18(11)8-10-3-4-22-10/h5-6,10H,3-4,7-8H2,1-2H3. The van der Waals surface area contributed by atoms with Crippen LogP contribution < -0.4 is 4.74 Å². The minimum Gasteiger partial charge on any atom is -0.494 e. The van der Waals surface area contributed by atoms with Crippen LogP contribution in [0.5, 0.6) is 5.75 Å². The first-order chi connectivity index (χ1) is 10.7. The Morgan fingerprint density at radius 3 is 2.82 bits per heavy atom. The molecular weight excluding hydrogens is 308 g/mol. The number of imidazole rings is 1. The first-order valence-electron chi connectivity index (χ1n) is 7.01. The number of carbonyl (C=O) groups excluding carboxylic acids is 1. The number of carbonyl (C=O) groups is 1. The number of ether oxygens (including phenoxy) is 3. The molecule has 7 heteroatoms. The maximum absolute atomic E-state index is 11.8. The fraction of sp³-hybridized carbons (Fsp3) is 0.467. The summed E-state index contributed by atoms with van der Waals surface area (Å²) in [5.74, 6) is 1.11. The number of fused-ring (bicyclic) bond motifs is 1. The Morgan fingerprint density at radius 2 is 2.27 bits per heavy atom. The molecule has 0 bridgehead atoms. The van der Waals surface area contributed by atoms with Crippen LogP contribution in [0.15, 0.2) is 12.1 Å². The second-order valence-electron chi connectivity index (χ2n) is 5.09. The lowest BCUT2D eigenvalue weighted by Crippen LogP contribution is -2.31. The molecule has 1 atom stereocenters. The van der Waals surface area contributed by atoms with Crippen molar-refractivity contribution in [1.82, 2.24) is 9.55 Å². The number of hydrogen-bond donors (Lipinski definition) is 0. The molecule has 0 N–H and O–H groups in total. The van der Waals surface area contributed by atoms with Crippen LogP contribution in [-0.4, -0.2) is 42.5 Å². The molecule has 2 aromatic rings. The van der Waals surface area contributed by atoms with E-state index >= 15 is 0 Å². The lowest BCUT2D eigenvalue weighted by atomic mass is 10.1. The Balaban J connectivity index is 2.15. The zero-order valence-electron chi connectivity index (χ0n) is 12.5. The number of halogens is 1. The number of alkyl halides is 1. The highest BCUT2D eigenvalue weighted by Crippen LogP contribution is 2.30. The molecular formula is C15H17ClN2O4. The largest absolute Gasteiger partial charge is 0.494 e. The molecule has 6 nitrogen and oxygen atoms in total. The summed E-state index contributed by atoms with van der Waals surface area (Å²) in [5, 5.41) is 0. The second kappa shape index (κ2) is 6.14. The Kier molecular flexibility index (Phi) is 4.22. The minimum absolute atomic E-state index is 0.159. The molecule has 22 heavy (non-hydrogen) atoms. The van der Waals surface area contributed by atoms with Gasteiger partial charge in [0.25, 0.3) is 0 Å². The number of rotatable bonds is 5. The summed E-state index contributed by atoms with van der Waals surface area (Å²) in [7, 11) is 2.90.